The first kappa shape index (κ1) is 34.2. The zero-order valence-electron chi connectivity index (χ0n) is 32.7. The second-order valence-corrected chi connectivity index (χ2v) is 16.9. The van der Waals surface area contributed by atoms with E-state index >= 15 is 0 Å². The molecule has 6 aliphatic rings. The average molecular weight is 738 g/mol. The molecule has 0 spiro atoms. The van der Waals surface area contributed by atoms with Gasteiger partial charge in [0.2, 0.25) is 0 Å². The molecule has 0 fully saturated rings. The summed E-state index contributed by atoms with van der Waals surface area (Å²) < 4.78 is 6.98. The Labute approximate surface area is 336 Å². The zero-order chi connectivity index (χ0) is 38.1. The molecule has 4 atom stereocenters. The molecule has 6 aliphatic carbocycles. The van der Waals surface area contributed by atoms with Gasteiger partial charge in [0.25, 0.3) is 0 Å². The molecule has 0 saturated carbocycles. The number of fused-ring (bicyclic) bond motifs is 7. The van der Waals surface area contributed by atoms with Crippen LogP contribution < -0.4 is 0 Å². The second kappa shape index (κ2) is 13.5. The molecule has 2 heteroatoms. The van der Waals surface area contributed by atoms with Gasteiger partial charge in [-0.25, -0.2) is 0 Å². The Kier molecular flexibility index (Phi) is 8.10. The van der Waals surface area contributed by atoms with E-state index in [-0.39, 0.29) is 23.3 Å². The summed E-state index contributed by atoms with van der Waals surface area (Å²) in [4.78, 5) is 2.71. The van der Waals surface area contributed by atoms with Gasteiger partial charge in [0.05, 0.1) is 6.04 Å². The first-order valence-corrected chi connectivity index (χ1v) is 20.9. The monoisotopic (exact) mass is 737 g/mol. The van der Waals surface area contributed by atoms with E-state index in [4.69, 9.17) is 4.42 Å². The fraction of sp³-hybridized carbons (Fsp3) is 0.200. The number of nitrogens with zero attached hydrogens (tertiary/aromatic N) is 1. The number of benzene rings is 4. The van der Waals surface area contributed by atoms with Crippen LogP contribution in [0.15, 0.2) is 197 Å². The van der Waals surface area contributed by atoms with E-state index in [0.717, 1.165) is 37.0 Å². The van der Waals surface area contributed by atoms with Crippen LogP contribution in [-0.2, 0) is 5.41 Å². The van der Waals surface area contributed by atoms with Gasteiger partial charge in [-0.2, -0.15) is 0 Å². The van der Waals surface area contributed by atoms with Gasteiger partial charge in [0.1, 0.15) is 11.3 Å². The highest BCUT2D eigenvalue weighted by molar-refractivity contribution is 6.04. The Morgan fingerprint density at radius 1 is 0.667 bits per heavy atom. The minimum absolute atomic E-state index is 0.0335. The van der Waals surface area contributed by atoms with Crippen LogP contribution in [0.3, 0.4) is 0 Å². The summed E-state index contributed by atoms with van der Waals surface area (Å²) in [7, 11) is 0. The SMILES string of the molecule is CC1(C)C2=C(C=CC(N(C3=CCC(C4=CCCC=C4)C=C3)C3=Cc4c(oc5cccc(-c6ccccc6-c6ccccc6)c45)C4C=CC=CC34)C2)c2ccccc21. The standard InChI is InChI=1S/C55H47NO/c1-55(2)49-26-14-13-22-43(49)44-33-32-40(34-50(44)55)56(39-30-28-37(29-31-39)36-16-5-3-6-17-36)51-35-48-53-46(42-21-10-9-20-41(42)38-18-7-4-8-19-38)25-15-27-52(53)57-54(48)47-24-12-11-23-45(47)51/h4-5,7-28,30-33,35,37,40,45,47H,3,6,29,34H2,1-2H3. The van der Waals surface area contributed by atoms with Gasteiger partial charge in [-0.05, 0) is 94.0 Å². The second-order valence-electron chi connectivity index (χ2n) is 16.9. The molecule has 0 amide bonds. The van der Waals surface area contributed by atoms with Crippen molar-refractivity contribution in [3.8, 4) is 22.3 Å². The molecule has 0 radical (unpaired) electrons. The van der Waals surface area contributed by atoms with E-state index in [1.165, 1.54) is 66.9 Å². The van der Waals surface area contributed by atoms with E-state index in [0.29, 0.717) is 5.92 Å². The largest absolute Gasteiger partial charge is 0.460 e. The molecule has 57 heavy (non-hydrogen) atoms. The molecule has 0 N–H and O–H groups in total. The van der Waals surface area contributed by atoms with Crippen molar-refractivity contribution >= 4 is 22.6 Å². The molecule has 4 aromatic carbocycles. The van der Waals surface area contributed by atoms with E-state index in [2.05, 4.69) is 195 Å². The Balaban J connectivity index is 1.08. The van der Waals surface area contributed by atoms with Crippen molar-refractivity contribution in [2.75, 3.05) is 0 Å². The molecule has 1 aromatic heterocycles. The van der Waals surface area contributed by atoms with Gasteiger partial charge in [-0.15, -0.1) is 0 Å². The zero-order valence-corrected chi connectivity index (χ0v) is 32.7. The van der Waals surface area contributed by atoms with Gasteiger partial charge >= 0.3 is 0 Å². The topological polar surface area (TPSA) is 16.4 Å². The number of furan rings is 1. The summed E-state index contributed by atoms with van der Waals surface area (Å²) in [5.74, 6) is 1.69. The van der Waals surface area contributed by atoms with Crippen molar-refractivity contribution in [3.63, 3.8) is 0 Å². The molecule has 278 valence electrons. The van der Waals surface area contributed by atoms with E-state index in [9.17, 15) is 0 Å². The highest BCUT2D eigenvalue weighted by Gasteiger charge is 2.43. The number of allylic oxidation sites excluding steroid dienone is 13. The summed E-state index contributed by atoms with van der Waals surface area (Å²) in [6, 6.07) is 35.4. The van der Waals surface area contributed by atoms with Crippen molar-refractivity contribution in [2.45, 2.75) is 56.9 Å². The molecule has 0 bridgehead atoms. The van der Waals surface area contributed by atoms with Crippen molar-refractivity contribution in [1.82, 2.24) is 4.90 Å². The van der Waals surface area contributed by atoms with Crippen LogP contribution in [0.4, 0.5) is 0 Å². The highest BCUT2D eigenvalue weighted by Crippen LogP contribution is 2.54. The average Bonchev–Trinajstić information content (AvgIpc) is 3.77. The Morgan fingerprint density at radius 2 is 1.44 bits per heavy atom. The van der Waals surface area contributed by atoms with Crippen LogP contribution in [0.5, 0.6) is 0 Å². The third-order valence-electron chi connectivity index (χ3n) is 13.4. The Hall–Kier alpha value is -6.12. The van der Waals surface area contributed by atoms with Crippen LogP contribution in [0.1, 0.15) is 67.9 Å². The highest BCUT2D eigenvalue weighted by atomic mass is 16.3. The number of hydrogen-bond acceptors (Lipinski definition) is 2. The minimum Gasteiger partial charge on any atom is -0.460 e. The third kappa shape index (κ3) is 5.52. The van der Waals surface area contributed by atoms with Crippen molar-refractivity contribution < 1.29 is 4.42 Å². The van der Waals surface area contributed by atoms with Crippen molar-refractivity contribution in [2.24, 2.45) is 11.8 Å². The van der Waals surface area contributed by atoms with E-state index < -0.39 is 0 Å². The maximum Gasteiger partial charge on any atom is 0.135 e. The molecule has 2 nitrogen and oxygen atoms in total. The number of hydrogen-bond donors (Lipinski definition) is 0. The first-order chi connectivity index (χ1) is 28.0. The van der Waals surface area contributed by atoms with Gasteiger partial charge in [-0.3, -0.25) is 0 Å². The maximum atomic E-state index is 6.98. The quantitative estimate of drug-likeness (QED) is 0.173. The fourth-order valence-corrected chi connectivity index (χ4v) is 10.6. The summed E-state index contributed by atoms with van der Waals surface area (Å²) in [6.07, 6.45) is 35.4. The molecule has 5 aromatic rings. The lowest BCUT2D eigenvalue weighted by atomic mass is 9.75. The van der Waals surface area contributed by atoms with Crippen molar-refractivity contribution in [3.05, 3.63) is 215 Å². The molecule has 0 saturated heterocycles. The normalized spacial score (nSPS) is 23.7. The molecule has 11 rings (SSSR count). The molecular formula is C55H47NO. The van der Waals surface area contributed by atoms with Crippen LogP contribution >= 0.6 is 0 Å². The molecule has 0 aliphatic heterocycles. The van der Waals surface area contributed by atoms with Crippen LogP contribution in [0.25, 0.3) is 44.9 Å². The molecule has 4 unspecified atom stereocenters. The predicted octanol–water partition coefficient (Wildman–Crippen LogP) is 14.1. The molecule has 1 heterocycles. The number of rotatable bonds is 6. The lowest BCUT2D eigenvalue weighted by Crippen LogP contribution is -2.39. The maximum absolute atomic E-state index is 6.98. The van der Waals surface area contributed by atoms with Crippen LogP contribution in [-0.4, -0.2) is 10.9 Å². The first-order valence-electron chi connectivity index (χ1n) is 20.9. The van der Waals surface area contributed by atoms with Crippen LogP contribution in [0.2, 0.25) is 0 Å². The van der Waals surface area contributed by atoms with E-state index in [1.54, 1.807) is 5.57 Å². The Morgan fingerprint density at radius 3 is 2.25 bits per heavy atom. The third-order valence-corrected chi connectivity index (χ3v) is 13.4. The van der Waals surface area contributed by atoms with Crippen molar-refractivity contribution in [1.29, 1.82) is 0 Å². The summed E-state index contributed by atoms with van der Waals surface area (Å²) in [5.41, 5.74) is 16.8. The smallest absolute Gasteiger partial charge is 0.135 e. The van der Waals surface area contributed by atoms with Gasteiger partial charge in [0.15, 0.2) is 0 Å². The summed E-state index contributed by atoms with van der Waals surface area (Å²) in [6.45, 7) is 4.85. The lowest BCUT2D eigenvalue weighted by Gasteiger charge is -2.44. The minimum atomic E-state index is -0.0335. The van der Waals surface area contributed by atoms with Gasteiger partial charge < -0.3 is 9.32 Å². The van der Waals surface area contributed by atoms with Crippen LogP contribution in [0, 0.1) is 11.8 Å². The Bertz CT molecular complexity index is 2730. The summed E-state index contributed by atoms with van der Waals surface area (Å²) >= 11 is 0. The molecular weight excluding hydrogens is 691 g/mol. The summed E-state index contributed by atoms with van der Waals surface area (Å²) in [5, 5.41) is 1.19. The fourth-order valence-electron chi connectivity index (χ4n) is 10.6. The van der Waals surface area contributed by atoms with E-state index in [1.807, 2.05) is 0 Å². The lowest BCUT2D eigenvalue weighted by molar-refractivity contribution is 0.314. The predicted molar refractivity (Wildman–Crippen MR) is 237 cm³/mol. The van der Waals surface area contributed by atoms with Gasteiger partial charge in [0, 0.05) is 45.5 Å². The van der Waals surface area contributed by atoms with Gasteiger partial charge in [-0.1, -0.05) is 172 Å².